The molecule has 2 unspecified atom stereocenters. The first kappa shape index (κ1) is 13.9. The minimum Gasteiger partial charge on any atom is -0.363 e. The molecule has 1 saturated carbocycles. The zero-order valence-corrected chi connectivity index (χ0v) is 12.9. The van der Waals surface area contributed by atoms with Gasteiger partial charge in [0.2, 0.25) is 0 Å². The van der Waals surface area contributed by atoms with E-state index in [1.54, 1.807) is 0 Å². The fourth-order valence-electron chi connectivity index (χ4n) is 3.26. The van der Waals surface area contributed by atoms with Crippen molar-refractivity contribution in [1.29, 1.82) is 5.26 Å². The summed E-state index contributed by atoms with van der Waals surface area (Å²) >= 11 is 0. The highest BCUT2D eigenvalue weighted by molar-refractivity contribution is 5.54. The van der Waals surface area contributed by atoms with Gasteiger partial charge in [-0.15, -0.1) is 0 Å². The van der Waals surface area contributed by atoms with Crippen LogP contribution in [0.1, 0.15) is 42.9 Å². The fourth-order valence-corrected chi connectivity index (χ4v) is 3.26. The van der Waals surface area contributed by atoms with Crippen molar-refractivity contribution in [2.75, 3.05) is 19.0 Å². The highest BCUT2D eigenvalue weighted by Gasteiger charge is 2.27. The van der Waals surface area contributed by atoms with Gasteiger partial charge in [0.25, 0.3) is 0 Å². The third kappa shape index (κ3) is 2.46. The van der Waals surface area contributed by atoms with Gasteiger partial charge in [-0.3, -0.25) is 0 Å². The molecule has 0 N–H and O–H groups in total. The molecule has 1 aliphatic carbocycles. The van der Waals surface area contributed by atoms with Crippen LogP contribution in [0.4, 0.5) is 5.82 Å². The summed E-state index contributed by atoms with van der Waals surface area (Å²) in [4.78, 5) is 6.92. The average Bonchev–Trinajstić information content (AvgIpc) is 3.06. The number of hydrogen-bond donors (Lipinski definition) is 0. The molecule has 2 atom stereocenters. The largest absolute Gasteiger partial charge is 0.363 e. The lowest BCUT2D eigenvalue weighted by atomic mass is 9.99. The van der Waals surface area contributed by atoms with E-state index in [2.05, 4.69) is 22.1 Å². The van der Waals surface area contributed by atoms with E-state index in [9.17, 15) is 0 Å². The number of rotatable bonds is 3. The number of hydrogen-bond acceptors (Lipinski definition) is 4. The molecule has 0 aromatic carbocycles. The monoisotopic (exact) mass is 283 g/mol. The van der Waals surface area contributed by atoms with Crippen molar-refractivity contribution in [2.45, 2.75) is 38.5 Å². The Morgan fingerprint density at radius 1 is 1.43 bits per heavy atom. The van der Waals surface area contributed by atoms with Gasteiger partial charge in [0.1, 0.15) is 5.82 Å². The summed E-state index contributed by atoms with van der Waals surface area (Å²) < 4.78 is 1.90. The minimum atomic E-state index is 0.473. The summed E-state index contributed by atoms with van der Waals surface area (Å²) in [6, 6.07) is 4.45. The number of nitrogens with zero attached hydrogens (tertiary/aromatic N) is 5. The van der Waals surface area contributed by atoms with Gasteiger partial charge in [-0.25, -0.2) is 4.98 Å². The SMILES string of the molecule is Cc1cnn2c(N(C)C)cc(C3CCC(CC#N)C3)nc12. The van der Waals surface area contributed by atoms with Gasteiger partial charge in [-0.05, 0) is 32.1 Å². The van der Waals surface area contributed by atoms with Crippen molar-refractivity contribution in [3.63, 3.8) is 0 Å². The van der Waals surface area contributed by atoms with Crippen LogP contribution < -0.4 is 4.90 Å². The lowest BCUT2D eigenvalue weighted by Crippen LogP contribution is -2.15. The van der Waals surface area contributed by atoms with Crippen molar-refractivity contribution in [3.8, 4) is 6.07 Å². The van der Waals surface area contributed by atoms with Crippen LogP contribution in [0.5, 0.6) is 0 Å². The Morgan fingerprint density at radius 3 is 2.95 bits per heavy atom. The quantitative estimate of drug-likeness (QED) is 0.869. The molecule has 5 heteroatoms. The summed E-state index contributed by atoms with van der Waals surface area (Å²) in [5.41, 5.74) is 3.20. The smallest absolute Gasteiger partial charge is 0.160 e. The third-order valence-electron chi connectivity index (χ3n) is 4.45. The second kappa shape index (κ2) is 5.36. The standard InChI is InChI=1S/C16H21N5/c1-11-10-18-21-15(20(2)3)9-14(19-16(11)21)13-5-4-12(8-13)6-7-17/h9-10,12-13H,4-6,8H2,1-3H3. The Bertz CT molecular complexity index is 694. The van der Waals surface area contributed by atoms with Gasteiger partial charge in [0, 0.05) is 43.8 Å². The van der Waals surface area contributed by atoms with Gasteiger partial charge in [-0.1, -0.05) is 0 Å². The number of nitriles is 1. The zero-order valence-electron chi connectivity index (χ0n) is 12.9. The molecule has 3 rings (SSSR count). The Kier molecular flexibility index (Phi) is 3.54. The Balaban J connectivity index is 2.00. The lowest BCUT2D eigenvalue weighted by molar-refractivity contribution is 0.549. The van der Waals surface area contributed by atoms with E-state index in [1.165, 1.54) is 0 Å². The maximum absolute atomic E-state index is 8.87. The van der Waals surface area contributed by atoms with Crippen molar-refractivity contribution < 1.29 is 0 Å². The molecule has 21 heavy (non-hydrogen) atoms. The van der Waals surface area contributed by atoms with Crippen LogP contribution in [0.15, 0.2) is 12.3 Å². The number of aryl methyl sites for hydroxylation is 1. The fraction of sp³-hybridized carbons (Fsp3) is 0.562. The van der Waals surface area contributed by atoms with Crippen LogP contribution in [-0.2, 0) is 0 Å². The van der Waals surface area contributed by atoms with E-state index in [1.807, 2.05) is 31.7 Å². The summed E-state index contributed by atoms with van der Waals surface area (Å²) in [5.74, 6) is 2.07. The summed E-state index contributed by atoms with van der Waals surface area (Å²) in [6.07, 6.45) is 5.89. The summed E-state index contributed by atoms with van der Waals surface area (Å²) in [7, 11) is 4.06. The number of anilines is 1. The highest BCUT2D eigenvalue weighted by atomic mass is 15.3. The highest BCUT2D eigenvalue weighted by Crippen LogP contribution is 2.39. The predicted octanol–water partition coefficient (Wildman–Crippen LogP) is 2.90. The van der Waals surface area contributed by atoms with E-state index in [0.29, 0.717) is 18.3 Å². The van der Waals surface area contributed by atoms with Gasteiger partial charge >= 0.3 is 0 Å². The molecule has 2 aromatic heterocycles. The molecule has 0 aliphatic heterocycles. The molecule has 1 aliphatic rings. The number of fused-ring (bicyclic) bond motifs is 1. The molecular formula is C16H21N5. The maximum Gasteiger partial charge on any atom is 0.160 e. The van der Waals surface area contributed by atoms with E-state index < -0.39 is 0 Å². The van der Waals surface area contributed by atoms with Gasteiger partial charge in [0.15, 0.2) is 5.65 Å². The Labute approximate surface area is 125 Å². The molecule has 0 spiro atoms. The first-order valence-electron chi connectivity index (χ1n) is 7.49. The lowest BCUT2D eigenvalue weighted by Gasteiger charge is -2.17. The first-order chi connectivity index (χ1) is 10.1. The minimum absolute atomic E-state index is 0.473. The van der Waals surface area contributed by atoms with E-state index in [0.717, 1.165) is 42.0 Å². The van der Waals surface area contributed by atoms with Crippen LogP contribution in [0, 0.1) is 24.2 Å². The van der Waals surface area contributed by atoms with Gasteiger partial charge < -0.3 is 4.90 Å². The third-order valence-corrected chi connectivity index (χ3v) is 4.45. The second-order valence-corrected chi connectivity index (χ2v) is 6.23. The van der Waals surface area contributed by atoms with Crippen LogP contribution in [0.2, 0.25) is 0 Å². The topological polar surface area (TPSA) is 57.2 Å². The van der Waals surface area contributed by atoms with Crippen LogP contribution in [-0.4, -0.2) is 28.7 Å². The van der Waals surface area contributed by atoms with E-state index in [4.69, 9.17) is 10.2 Å². The number of aromatic nitrogens is 3. The van der Waals surface area contributed by atoms with Crippen molar-refractivity contribution in [3.05, 3.63) is 23.5 Å². The first-order valence-corrected chi connectivity index (χ1v) is 7.49. The zero-order chi connectivity index (χ0) is 15.0. The van der Waals surface area contributed by atoms with Crippen molar-refractivity contribution >= 4 is 11.5 Å². The molecule has 2 heterocycles. The predicted molar refractivity (Wildman–Crippen MR) is 82.4 cm³/mol. The molecule has 0 amide bonds. The van der Waals surface area contributed by atoms with Crippen LogP contribution in [0.25, 0.3) is 5.65 Å². The Morgan fingerprint density at radius 2 is 2.24 bits per heavy atom. The molecule has 110 valence electrons. The van der Waals surface area contributed by atoms with E-state index in [-0.39, 0.29) is 0 Å². The van der Waals surface area contributed by atoms with Crippen molar-refractivity contribution in [1.82, 2.24) is 14.6 Å². The summed E-state index contributed by atoms with van der Waals surface area (Å²) in [6.45, 7) is 2.05. The second-order valence-electron chi connectivity index (χ2n) is 6.23. The molecule has 1 fully saturated rings. The maximum atomic E-state index is 8.87. The molecule has 5 nitrogen and oxygen atoms in total. The molecule has 0 saturated heterocycles. The van der Waals surface area contributed by atoms with E-state index >= 15 is 0 Å². The molecule has 2 aromatic rings. The molecular weight excluding hydrogens is 262 g/mol. The summed E-state index contributed by atoms with van der Waals surface area (Å²) in [5, 5.41) is 13.3. The van der Waals surface area contributed by atoms with Crippen LogP contribution in [0.3, 0.4) is 0 Å². The van der Waals surface area contributed by atoms with Gasteiger partial charge in [0.05, 0.1) is 12.3 Å². The average molecular weight is 283 g/mol. The normalized spacial score (nSPS) is 21.6. The van der Waals surface area contributed by atoms with Crippen LogP contribution >= 0.6 is 0 Å². The van der Waals surface area contributed by atoms with Crippen molar-refractivity contribution in [2.24, 2.45) is 5.92 Å². The molecule has 0 bridgehead atoms. The Hall–Kier alpha value is -2.09. The molecule has 0 radical (unpaired) electrons. The van der Waals surface area contributed by atoms with Gasteiger partial charge in [-0.2, -0.15) is 14.9 Å².